The summed E-state index contributed by atoms with van der Waals surface area (Å²) in [4.78, 5) is 11.7. The fourth-order valence-corrected chi connectivity index (χ4v) is 5.67. The number of rotatable bonds is 10. The van der Waals surface area contributed by atoms with Crippen LogP contribution in [-0.2, 0) is 18.1 Å². The summed E-state index contributed by atoms with van der Waals surface area (Å²) in [7, 11) is -3.85. The Hall–Kier alpha value is -0.176. The predicted molar refractivity (Wildman–Crippen MR) is 83.0 cm³/mol. The van der Waals surface area contributed by atoms with Crippen LogP contribution in [0.15, 0.2) is 0 Å². The first kappa shape index (κ1) is 18.8. The van der Waals surface area contributed by atoms with Crippen molar-refractivity contribution in [3.8, 4) is 0 Å². The monoisotopic (exact) mass is 306 g/mol. The summed E-state index contributed by atoms with van der Waals surface area (Å²) in [6.45, 7) is 13.5. The van der Waals surface area contributed by atoms with E-state index in [4.69, 9.17) is 13.3 Å². The molecule has 0 amide bonds. The summed E-state index contributed by atoms with van der Waals surface area (Å²) >= 11 is 0. The SMILES string of the molecule is CCO[Si](CC)(CCCC(=O)O[Si](C)(C)C)OCC. The maximum atomic E-state index is 11.7. The molecule has 0 atom stereocenters. The van der Waals surface area contributed by atoms with Gasteiger partial charge in [0.25, 0.3) is 5.97 Å². The van der Waals surface area contributed by atoms with Crippen LogP contribution >= 0.6 is 0 Å². The third kappa shape index (κ3) is 8.57. The quantitative estimate of drug-likeness (QED) is 0.578. The number of hydrogen-bond acceptors (Lipinski definition) is 4. The standard InChI is InChI=1S/C13H30O4Si2/c1-7-15-19(9-3,16-8-2)12-10-11-13(14)17-18(4,5)6/h7-12H2,1-6H3. The van der Waals surface area contributed by atoms with Gasteiger partial charge in [-0.05, 0) is 52.0 Å². The van der Waals surface area contributed by atoms with Crippen molar-refractivity contribution in [1.82, 2.24) is 0 Å². The molecule has 0 aromatic carbocycles. The molecule has 0 heterocycles. The Morgan fingerprint density at radius 2 is 1.53 bits per heavy atom. The molecule has 0 bridgehead atoms. The van der Waals surface area contributed by atoms with E-state index >= 15 is 0 Å². The molecule has 0 aromatic heterocycles. The molecule has 0 aliphatic carbocycles. The highest BCUT2D eigenvalue weighted by atomic mass is 28.4. The Balaban J connectivity index is 4.22. The molecule has 0 aromatic rings. The zero-order chi connectivity index (χ0) is 14.9. The summed E-state index contributed by atoms with van der Waals surface area (Å²) in [5, 5.41) is 0. The van der Waals surface area contributed by atoms with Crippen LogP contribution in [0.25, 0.3) is 0 Å². The third-order valence-electron chi connectivity index (χ3n) is 2.71. The minimum absolute atomic E-state index is 0.0776. The molecule has 0 saturated carbocycles. The second kappa shape index (κ2) is 8.89. The van der Waals surface area contributed by atoms with Crippen molar-refractivity contribution < 1.29 is 18.1 Å². The van der Waals surface area contributed by atoms with Crippen LogP contribution in [0, 0.1) is 0 Å². The summed E-state index contributed by atoms with van der Waals surface area (Å²) in [6.07, 6.45) is 1.27. The van der Waals surface area contributed by atoms with Crippen molar-refractivity contribution in [2.75, 3.05) is 13.2 Å². The molecule has 0 rings (SSSR count). The predicted octanol–water partition coefficient (Wildman–Crippen LogP) is 3.68. The molecule has 0 N–H and O–H groups in total. The van der Waals surface area contributed by atoms with E-state index < -0.39 is 16.9 Å². The zero-order valence-corrected chi connectivity index (χ0v) is 15.4. The van der Waals surface area contributed by atoms with Gasteiger partial charge in [-0.3, -0.25) is 4.79 Å². The lowest BCUT2D eigenvalue weighted by atomic mass is 10.3. The third-order valence-corrected chi connectivity index (χ3v) is 7.37. The van der Waals surface area contributed by atoms with E-state index in [2.05, 4.69) is 6.92 Å². The van der Waals surface area contributed by atoms with Crippen molar-refractivity contribution in [2.45, 2.75) is 65.3 Å². The highest BCUT2D eigenvalue weighted by Gasteiger charge is 2.34. The zero-order valence-electron chi connectivity index (χ0n) is 13.4. The number of carbonyl (C=O) groups excluding carboxylic acids is 1. The van der Waals surface area contributed by atoms with Crippen LogP contribution in [0.2, 0.25) is 31.7 Å². The van der Waals surface area contributed by atoms with Gasteiger partial charge < -0.3 is 13.3 Å². The lowest BCUT2D eigenvalue weighted by Crippen LogP contribution is -2.41. The summed E-state index contributed by atoms with van der Waals surface area (Å²) in [6, 6.07) is 1.80. The molecule has 0 saturated heterocycles. The molecule has 0 aliphatic heterocycles. The van der Waals surface area contributed by atoms with Crippen LogP contribution in [0.4, 0.5) is 0 Å². The van der Waals surface area contributed by atoms with E-state index in [1.807, 2.05) is 33.5 Å². The molecule has 0 aliphatic rings. The second-order valence-corrected chi connectivity index (χ2v) is 13.6. The number of hydrogen-bond donors (Lipinski definition) is 0. The van der Waals surface area contributed by atoms with Crippen LogP contribution in [0.5, 0.6) is 0 Å². The van der Waals surface area contributed by atoms with Gasteiger partial charge in [0.1, 0.15) is 0 Å². The Bertz CT molecular complexity index is 258. The lowest BCUT2D eigenvalue weighted by Gasteiger charge is -2.29. The minimum atomic E-state index is -2.09. The summed E-state index contributed by atoms with van der Waals surface area (Å²) in [5.41, 5.74) is 0. The van der Waals surface area contributed by atoms with E-state index in [1.165, 1.54) is 0 Å². The van der Waals surface area contributed by atoms with Gasteiger partial charge in [0, 0.05) is 19.6 Å². The van der Waals surface area contributed by atoms with E-state index in [9.17, 15) is 4.79 Å². The van der Waals surface area contributed by atoms with Crippen LogP contribution in [-0.4, -0.2) is 36.1 Å². The molecule has 0 fully saturated rings. The normalized spacial score (nSPS) is 12.5. The van der Waals surface area contributed by atoms with Gasteiger partial charge in [-0.25, -0.2) is 0 Å². The fourth-order valence-electron chi connectivity index (χ4n) is 1.99. The van der Waals surface area contributed by atoms with Crippen molar-refractivity contribution in [1.29, 1.82) is 0 Å². The largest absolute Gasteiger partial charge is 0.520 e. The van der Waals surface area contributed by atoms with Crippen molar-refractivity contribution >= 4 is 22.8 Å². The van der Waals surface area contributed by atoms with Crippen LogP contribution < -0.4 is 0 Å². The summed E-state index contributed by atoms with van der Waals surface area (Å²) < 4.78 is 17.2. The smallest absolute Gasteiger partial charge is 0.337 e. The average Bonchev–Trinajstić information content (AvgIpc) is 2.27. The van der Waals surface area contributed by atoms with Crippen LogP contribution in [0.1, 0.15) is 33.6 Å². The maximum absolute atomic E-state index is 11.7. The van der Waals surface area contributed by atoms with E-state index in [-0.39, 0.29) is 5.97 Å². The molecule has 0 spiro atoms. The van der Waals surface area contributed by atoms with Crippen molar-refractivity contribution in [3.63, 3.8) is 0 Å². The van der Waals surface area contributed by atoms with Gasteiger partial charge in [0.2, 0.25) is 8.32 Å². The average molecular weight is 307 g/mol. The topological polar surface area (TPSA) is 44.8 Å². The second-order valence-electron chi connectivity index (χ2n) is 5.57. The fraction of sp³-hybridized carbons (Fsp3) is 0.923. The molecule has 4 nitrogen and oxygen atoms in total. The van der Waals surface area contributed by atoms with Gasteiger partial charge in [-0.1, -0.05) is 6.92 Å². The maximum Gasteiger partial charge on any atom is 0.337 e. The first-order chi connectivity index (χ1) is 8.78. The van der Waals surface area contributed by atoms with Gasteiger partial charge in [0.05, 0.1) is 0 Å². The highest BCUT2D eigenvalue weighted by molar-refractivity contribution is 6.71. The number of carbonyl (C=O) groups is 1. The molecule has 19 heavy (non-hydrogen) atoms. The Morgan fingerprint density at radius 1 is 1.00 bits per heavy atom. The Kier molecular flexibility index (Phi) is 8.81. The van der Waals surface area contributed by atoms with Crippen molar-refractivity contribution in [3.05, 3.63) is 0 Å². The molecule has 114 valence electrons. The van der Waals surface area contributed by atoms with Gasteiger partial charge >= 0.3 is 8.56 Å². The van der Waals surface area contributed by atoms with E-state index in [1.54, 1.807) is 0 Å². The van der Waals surface area contributed by atoms with Crippen LogP contribution in [0.3, 0.4) is 0 Å². The van der Waals surface area contributed by atoms with Crippen molar-refractivity contribution in [2.24, 2.45) is 0 Å². The first-order valence-electron chi connectivity index (χ1n) is 7.28. The van der Waals surface area contributed by atoms with Gasteiger partial charge in [0.15, 0.2) is 0 Å². The Labute approximate surface area is 120 Å². The lowest BCUT2D eigenvalue weighted by molar-refractivity contribution is -0.135. The molecule has 0 unspecified atom stereocenters. The minimum Gasteiger partial charge on any atom is -0.520 e. The molecular weight excluding hydrogens is 276 g/mol. The first-order valence-corrected chi connectivity index (χ1v) is 12.9. The molecule has 6 heteroatoms. The Morgan fingerprint density at radius 3 is 1.89 bits per heavy atom. The highest BCUT2D eigenvalue weighted by Crippen LogP contribution is 2.22. The molecule has 0 radical (unpaired) electrons. The van der Waals surface area contributed by atoms with E-state index in [0.717, 1.165) is 18.5 Å². The molecular formula is C13H30O4Si2. The van der Waals surface area contributed by atoms with Gasteiger partial charge in [-0.2, -0.15) is 0 Å². The van der Waals surface area contributed by atoms with E-state index in [0.29, 0.717) is 19.6 Å². The summed E-state index contributed by atoms with van der Waals surface area (Å²) in [5.74, 6) is -0.0776. The van der Waals surface area contributed by atoms with Gasteiger partial charge in [-0.15, -0.1) is 0 Å².